The molecule has 0 bridgehead atoms. The monoisotopic (exact) mass is 326 g/mol. The fraction of sp³-hybridized carbons (Fsp3) is 0.500. The number of nitrogens with zero attached hydrogens (tertiary/aromatic N) is 1. The summed E-state index contributed by atoms with van der Waals surface area (Å²) in [5.41, 5.74) is 3.89. The van der Waals surface area contributed by atoms with Gasteiger partial charge < -0.3 is 10.5 Å². The Labute approximate surface area is 143 Å². The second kappa shape index (κ2) is 6.80. The maximum Gasteiger partial charge on any atom is 0.160 e. The van der Waals surface area contributed by atoms with Crippen LogP contribution in [0.4, 0.5) is 0 Å². The van der Waals surface area contributed by atoms with E-state index in [1.807, 2.05) is 12.1 Å². The zero-order valence-electron chi connectivity index (χ0n) is 14.5. The predicted molar refractivity (Wildman–Crippen MR) is 96.3 cm³/mol. The largest absolute Gasteiger partial charge is 0.411 e. The van der Waals surface area contributed by atoms with Crippen molar-refractivity contribution in [2.45, 2.75) is 57.9 Å². The molecular formula is C20H26N2O2. The molecule has 1 fully saturated rings. The third-order valence-electron chi connectivity index (χ3n) is 5.03. The average Bonchev–Trinajstić information content (AvgIpc) is 2.55. The lowest BCUT2D eigenvalue weighted by Crippen LogP contribution is -2.44. The fourth-order valence-corrected chi connectivity index (χ4v) is 3.86. The van der Waals surface area contributed by atoms with E-state index in [2.05, 4.69) is 30.4 Å². The van der Waals surface area contributed by atoms with Crippen LogP contribution in [-0.4, -0.2) is 22.7 Å². The summed E-state index contributed by atoms with van der Waals surface area (Å²) in [6.07, 6.45) is 9.70. The van der Waals surface area contributed by atoms with Crippen molar-refractivity contribution in [2.24, 2.45) is 11.1 Å². The van der Waals surface area contributed by atoms with E-state index in [1.165, 1.54) is 18.2 Å². The maximum absolute atomic E-state index is 12.7. The number of carbonyl (C=O) groups is 1. The van der Waals surface area contributed by atoms with Crippen LogP contribution in [0.15, 0.2) is 29.4 Å². The van der Waals surface area contributed by atoms with Crippen LogP contribution in [0.5, 0.6) is 0 Å². The predicted octanol–water partition coefficient (Wildman–Crippen LogP) is 3.91. The Morgan fingerprint density at radius 1 is 1.29 bits per heavy atom. The van der Waals surface area contributed by atoms with Crippen molar-refractivity contribution < 1.29 is 10.0 Å². The standard InChI is InChI=1S/C20H26N2O2/c1-20(2)12-16-9-8-14(13-21-24)10-17(16)18(22-20)11-19(23)15-6-4-3-5-7-15/h8-11,13,15,22,24H,3-7,12H2,1-2H3/b18-11-,21-13?. The molecule has 24 heavy (non-hydrogen) atoms. The highest BCUT2D eigenvalue weighted by molar-refractivity contribution is 5.99. The summed E-state index contributed by atoms with van der Waals surface area (Å²) in [6.45, 7) is 4.30. The molecule has 4 heteroatoms. The number of nitrogens with one attached hydrogen (secondary N) is 1. The van der Waals surface area contributed by atoms with Gasteiger partial charge in [0, 0.05) is 28.8 Å². The van der Waals surface area contributed by atoms with Crippen molar-refractivity contribution in [1.82, 2.24) is 5.32 Å². The van der Waals surface area contributed by atoms with Gasteiger partial charge in [0.15, 0.2) is 5.78 Å². The van der Waals surface area contributed by atoms with Crippen LogP contribution < -0.4 is 5.32 Å². The van der Waals surface area contributed by atoms with Gasteiger partial charge >= 0.3 is 0 Å². The highest BCUT2D eigenvalue weighted by Crippen LogP contribution is 2.32. The summed E-state index contributed by atoms with van der Waals surface area (Å²) in [4.78, 5) is 12.7. The molecule has 3 rings (SSSR count). The highest BCUT2D eigenvalue weighted by atomic mass is 16.4. The summed E-state index contributed by atoms with van der Waals surface area (Å²) in [5.74, 6) is 0.408. The van der Waals surface area contributed by atoms with Crippen molar-refractivity contribution in [3.05, 3.63) is 41.0 Å². The molecule has 0 radical (unpaired) electrons. The van der Waals surface area contributed by atoms with Gasteiger partial charge in [-0.25, -0.2) is 0 Å². The highest BCUT2D eigenvalue weighted by Gasteiger charge is 2.29. The maximum atomic E-state index is 12.7. The molecule has 2 aliphatic rings. The van der Waals surface area contributed by atoms with Crippen LogP contribution >= 0.6 is 0 Å². The Morgan fingerprint density at radius 3 is 2.75 bits per heavy atom. The van der Waals surface area contributed by atoms with E-state index in [9.17, 15) is 4.79 Å². The van der Waals surface area contributed by atoms with Crippen LogP contribution in [0.2, 0.25) is 0 Å². The Kier molecular flexibility index (Phi) is 4.74. The van der Waals surface area contributed by atoms with Crippen molar-refractivity contribution in [1.29, 1.82) is 0 Å². The second-order valence-corrected chi connectivity index (χ2v) is 7.64. The zero-order chi connectivity index (χ0) is 17.2. The number of allylic oxidation sites excluding steroid dienone is 1. The molecule has 4 nitrogen and oxygen atoms in total. The summed E-state index contributed by atoms with van der Waals surface area (Å²) in [6, 6.07) is 5.99. The van der Waals surface area contributed by atoms with E-state index in [0.717, 1.165) is 48.9 Å². The topological polar surface area (TPSA) is 61.7 Å². The zero-order valence-corrected chi connectivity index (χ0v) is 14.5. The molecule has 1 aliphatic heterocycles. The lowest BCUT2D eigenvalue weighted by Gasteiger charge is -2.36. The van der Waals surface area contributed by atoms with Gasteiger partial charge in [0.2, 0.25) is 0 Å². The molecule has 2 N–H and O–H groups in total. The molecule has 1 aromatic carbocycles. The molecule has 0 unspecified atom stereocenters. The lowest BCUT2D eigenvalue weighted by molar-refractivity contribution is -0.119. The van der Waals surface area contributed by atoms with Crippen LogP contribution in [0, 0.1) is 5.92 Å². The SMILES string of the molecule is CC1(C)Cc2ccc(C=NO)cc2/C(=C/C(=O)C2CCCCC2)N1. The van der Waals surface area contributed by atoms with E-state index in [1.54, 1.807) is 6.08 Å². The first-order valence-corrected chi connectivity index (χ1v) is 8.83. The van der Waals surface area contributed by atoms with Gasteiger partial charge in [0.1, 0.15) is 0 Å². The molecule has 1 aromatic rings. The van der Waals surface area contributed by atoms with Crippen molar-refractivity contribution in [3.8, 4) is 0 Å². The number of oxime groups is 1. The molecule has 0 saturated heterocycles. The summed E-state index contributed by atoms with van der Waals surface area (Å²) in [5, 5.41) is 15.4. The summed E-state index contributed by atoms with van der Waals surface area (Å²) >= 11 is 0. The first-order chi connectivity index (χ1) is 11.5. The molecule has 0 aromatic heterocycles. The van der Waals surface area contributed by atoms with Gasteiger partial charge in [-0.05, 0) is 50.3 Å². The first kappa shape index (κ1) is 16.7. The Hall–Kier alpha value is -2.10. The van der Waals surface area contributed by atoms with Gasteiger partial charge in [-0.3, -0.25) is 4.79 Å². The number of hydrogen-bond donors (Lipinski definition) is 2. The quantitative estimate of drug-likeness (QED) is 0.383. The van der Waals surface area contributed by atoms with Crippen LogP contribution in [0.3, 0.4) is 0 Å². The number of benzene rings is 1. The molecule has 1 saturated carbocycles. The molecule has 0 amide bonds. The van der Waals surface area contributed by atoms with E-state index in [0.29, 0.717) is 0 Å². The van der Waals surface area contributed by atoms with Gasteiger partial charge in [-0.1, -0.05) is 36.6 Å². The third kappa shape index (κ3) is 3.69. The summed E-state index contributed by atoms with van der Waals surface area (Å²) in [7, 11) is 0. The molecule has 0 spiro atoms. The smallest absolute Gasteiger partial charge is 0.160 e. The summed E-state index contributed by atoms with van der Waals surface area (Å²) < 4.78 is 0. The van der Waals surface area contributed by atoms with Crippen LogP contribution in [0.1, 0.15) is 62.6 Å². The number of hydrogen-bond acceptors (Lipinski definition) is 4. The Morgan fingerprint density at radius 2 is 2.04 bits per heavy atom. The van der Waals surface area contributed by atoms with Crippen LogP contribution in [0.25, 0.3) is 5.70 Å². The normalized spacial score (nSPS) is 22.3. The second-order valence-electron chi connectivity index (χ2n) is 7.64. The minimum Gasteiger partial charge on any atom is -0.411 e. The van der Waals surface area contributed by atoms with Crippen molar-refractivity contribution >= 4 is 17.7 Å². The number of ketones is 1. The van der Waals surface area contributed by atoms with E-state index in [4.69, 9.17) is 5.21 Å². The minimum atomic E-state index is -0.0851. The number of carbonyl (C=O) groups excluding carboxylic acids is 1. The van der Waals surface area contributed by atoms with Crippen LogP contribution in [-0.2, 0) is 11.2 Å². The third-order valence-corrected chi connectivity index (χ3v) is 5.03. The molecule has 128 valence electrons. The molecule has 1 heterocycles. The Bertz CT molecular complexity index is 683. The molecule has 0 atom stereocenters. The van der Waals surface area contributed by atoms with E-state index < -0.39 is 0 Å². The number of rotatable bonds is 3. The van der Waals surface area contributed by atoms with Crippen molar-refractivity contribution in [2.75, 3.05) is 0 Å². The van der Waals surface area contributed by atoms with E-state index in [-0.39, 0.29) is 17.2 Å². The van der Waals surface area contributed by atoms with Crippen molar-refractivity contribution in [3.63, 3.8) is 0 Å². The first-order valence-electron chi connectivity index (χ1n) is 8.83. The average molecular weight is 326 g/mol. The van der Waals surface area contributed by atoms with Gasteiger partial charge in [-0.2, -0.15) is 0 Å². The molecular weight excluding hydrogens is 300 g/mol. The van der Waals surface area contributed by atoms with Gasteiger partial charge in [0.05, 0.1) is 6.21 Å². The van der Waals surface area contributed by atoms with Gasteiger partial charge in [0.25, 0.3) is 0 Å². The van der Waals surface area contributed by atoms with E-state index >= 15 is 0 Å². The number of fused-ring (bicyclic) bond motifs is 1. The van der Waals surface area contributed by atoms with Gasteiger partial charge in [-0.15, -0.1) is 0 Å². The lowest BCUT2D eigenvalue weighted by atomic mass is 9.82. The Balaban J connectivity index is 1.95. The molecule has 1 aliphatic carbocycles. The fourth-order valence-electron chi connectivity index (χ4n) is 3.86. The minimum absolute atomic E-state index is 0.0851.